The standard InChI is InChI=1S/C10H13ClN2O6S/c11-20(18,19)7-6-13(10(17)12-9(7)16)5-3-1-2-4-8(14)15/h6H,1-5H2,(H,14,15)(H,12,16,17). The van der Waals surface area contributed by atoms with Crippen LogP contribution in [0.1, 0.15) is 25.7 Å². The summed E-state index contributed by atoms with van der Waals surface area (Å²) < 4.78 is 23.3. The number of unbranched alkanes of at least 4 members (excludes halogenated alkanes) is 2. The van der Waals surface area contributed by atoms with E-state index in [2.05, 4.69) is 0 Å². The molecule has 0 atom stereocenters. The number of carboxylic acid groups (broad SMARTS) is 1. The molecular weight excluding hydrogens is 312 g/mol. The monoisotopic (exact) mass is 324 g/mol. The maximum absolute atomic E-state index is 11.5. The van der Waals surface area contributed by atoms with E-state index in [0.717, 1.165) is 10.8 Å². The summed E-state index contributed by atoms with van der Waals surface area (Å²) in [5.41, 5.74) is -1.80. The molecule has 1 aromatic heterocycles. The van der Waals surface area contributed by atoms with Crippen molar-refractivity contribution in [2.24, 2.45) is 0 Å². The molecule has 0 aliphatic heterocycles. The number of hydrogen-bond donors (Lipinski definition) is 2. The fourth-order valence-electron chi connectivity index (χ4n) is 1.56. The van der Waals surface area contributed by atoms with Gasteiger partial charge in [-0.2, -0.15) is 0 Å². The van der Waals surface area contributed by atoms with Crippen LogP contribution in [0.15, 0.2) is 20.7 Å². The number of aliphatic carboxylic acids is 1. The first-order chi connectivity index (χ1) is 9.21. The van der Waals surface area contributed by atoms with E-state index in [9.17, 15) is 22.8 Å². The Kier molecular flexibility index (Phi) is 5.52. The van der Waals surface area contributed by atoms with Crippen molar-refractivity contribution < 1.29 is 18.3 Å². The zero-order valence-electron chi connectivity index (χ0n) is 10.3. The molecule has 20 heavy (non-hydrogen) atoms. The number of aryl methyl sites for hydroxylation is 1. The van der Waals surface area contributed by atoms with Gasteiger partial charge in [-0.3, -0.25) is 19.1 Å². The molecule has 0 fully saturated rings. The number of carboxylic acids is 1. The van der Waals surface area contributed by atoms with E-state index in [1.165, 1.54) is 0 Å². The first kappa shape index (κ1) is 16.4. The minimum atomic E-state index is -4.23. The first-order valence-corrected chi connectivity index (χ1v) is 8.03. The lowest BCUT2D eigenvalue weighted by Crippen LogP contribution is -2.32. The van der Waals surface area contributed by atoms with Crippen molar-refractivity contribution in [3.05, 3.63) is 27.0 Å². The molecule has 0 amide bonds. The molecule has 0 saturated carbocycles. The SMILES string of the molecule is O=C(O)CCCCCn1cc(S(=O)(=O)Cl)c(=O)[nH]c1=O. The van der Waals surface area contributed by atoms with Gasteiger partial charge in [0, 0.05) is 29.8 Å². The molecule has 0 spiro atoms. The van der Waals surface area contributed by atoms with Gasteiger partial charge >= 0.3 is 11.7 Å². The highest BCUT2D eigenvalue weighted by molar-refractivity contribution is 8.13. The molecule has 8 nitrogen and oxygen atoms in total. The molecule has 0 unspecified atom stereocenters. The molecule has 1 aromatic rings. The Balaban J connectivity index is 2.79. The third-order valence-electron chi connectivity index (χ3n) is 2.53. The summed E-state index contributed by atoms with van der Waals surface area (Å²) >= 11 is 0. The van der Waals surface area contributed by atoms with E-state index in [4.69, 9.17) is 15.8 Å². The van der Waals surface area contributed by atoms with E-state index in [0.29, 0.717) is 19.3 Å². The van der Waals surface area contributed by atoms with Gasteiger partial charge in [0.2, 0.25) is 0 Å². The van der Waals surface area contributed by atoms with Crippen LogP contribution in [0.3, 0.4) is 0 Å². The van der Waals surface area contributed by atoms with E-state index in [1.54, 1.807) is 0 Å². The Bertz CT molecular complexity index is 705. The van der Waals surface area contributed by atoms with Gasteiger partial charge < -0.3 is 5.11 Å². The van der Waals surface area contributed by atoms with Crippen LogP contribution in [-0.4, -0.2) is 29.0 Å². The van der Waals surface area contributed by atoms with Crippen molar-refractivity contribution in [2.45, 2.75) is 37.1 Å². The summed E-state index contributed by atoms with van der Waals surface area (Å²) in [6.07, 6.45) is 2.40. The Hall–Kier alpha value is -1.61. The predicted molar refractivity (Wildman–Crippen MR) is 70.5 cm³/mol. The van der Waals surface area contributed by atoms with Crippen LogP contribution in [0.5, 0.6) is 0 Å². The average molecular weight is 325 g/mol. The Morgan fingerprint density at radius 2 is 1.95 bits per heavy atom. The molecule has 0 aliphatic carbocycles. The predicted octanol–water partition coefficient (Wildman–Crippen LogP) is 0.109. The maximum Gasteiger partial charge on any atom is 0.328 e. The smallest absolute Gasteiger partial charge is 0.328 e. The van der Waals surface area contributed by atoms with Crippen molar-refractivity contribution in [1.29, 1.82) is 0 Å². The van der Waals surface area contributed by atoms with E-state index in [1.807, 2.05) is 4.98 Å². The van der Waals surface area contributed by atoms with Crippen molar-refractivity contribution in [3.8, 4) is 0 Å². The van der Waals surface area contributed by atoms with Crippen molar-refractivity contribution in [1.82, 2.24) is 9.55 Å². The van der Waals surface area contributed by atoms with Crippen LogP contribution in [-0.2, 0) is 20.4 Å². The minimum absolute atomic E-state index is 0.0296. The van der Waals surface area contributed by atoms with Gasteiger partial charge in [0.05, 0.1) is 0 Å². The second kappa shape index (κ2) is 6.71. The minimum Gasteiger partial charge on any atom is -0.481 e. The third-order valence-corrected chi connectivity index (χ3v) is 3.85. The number of hydrogen-bond acceptors (Lipinski definition) is 5. The fraction of sp³-hybridized carbons (Fsp3) is 0.500. The highest BCUT2D eigenvalue weighted by Crippen LogP contribution is 2.08. The van der Waals surface area contributed by atoms with Crippen LogP contribution >= 0.6 is 10.7 Å². The van der Waals surface area contributed by atoms with Gasteiger partial charge in [-0.1, -0.05) is 6.42 Å². The largest absolute Gasteiger partial charge is 0.481 e. The van der Waals surface area contributed by atoms with Crippen LogP contribution < -0.4 is 11.2 Å². The number of nitrogens with zero attached hydrogens (tertiary/aromatic N) is 1. The molecule has 10 heteroatoms. The molecule has 1 rings (SSSR count). The number of rotatable bonds is 7. The summed E-state index contributed by atoms with van der Waals surface area (Å²) in [5, 5.41) is 8.45. The van der Waals surface area contributed by atoms with Gasteiger partial charge in [0.15, 0.2) is 4.90 Å². The van der Waals surface area contributed by atoms with E-state index >= 15 is 0 Å². The van der Waals surface area contributed by atoms with Gasteiger partial charge in [-0.15, -0.1) is 0 Å². The van der Waals surface area contributed by atoms with Gasteiger partial charge in [0.1, 0.15) is 0 Å². The normalized spacial score (nSPS) is 11.4. The van der Waals surface area contributed by atoms with Gasteiger partial charge in [-0.25, -0.2) is 13.2 Å². The van der Waals surface area contributed by atoms with Crippen molar-refractivity contribution >= 4 is 25.7 Å². The zero-order valence-corrected chi connectivity index (χ0v) is 11.9. The average Bonchev–Trinajstić information content (AvgIpc) is 2.29. The molecule has 0 saturated heterocycles. The molecule has 1 heterocycles. The maximum atomic E-state index is 11.5. The third kappa shape index (κ3) is 4.82. The number of H-pyrrole nitrogens is 1. The van der Waals surface area contributed by atoms with Crippen LogP contribution in [0, 0.1) is 0 Å². The van der Waals surface area contributed by atoms with E-state index in [-0.39, 0.29) is 13.0 Å². The Morgan fingerprint density at radius 1 is 1.30 bits per heavy atom. The second-order valence-corrected chi connectivity index (χ2v) is 6.62. The van der Waals surface area contributed by atoms with Crippen molar-refractivity contribution in [3.63, 3.8) is 0 Å². The van der Waals surface area contributed by atoms with E-state index < -0.39 is 31.2 Å². The van der Waals surface area contributed by atoms with Crippen LogP contribution in [0.4, 0.5) is 0 Å². The highest BCUT2D eigenvalue weighted by Gasteiger charge is 2.17. The fourth-order valence-corrected chi connectivity index (χ4v) is 2.42. The molecule has 0 bridgehead atoms. The molecule has 0 radical (unpaired) electrons. The number of halogens is 1. The molecule has 0 aromatic carbocycles. The summed E-state index contributed by atoms with van der Waals surface area (Å²) in [6, 6.07) is 0. The molecule has 2 N–H and O–H groups in total. The molecular formula is C10H13ClN2O6S. The number of aromatic nitrogens is 2. The quantitative estimate of drug-likeness (QED) is 0.541. The number of aromatic amines is 1. The summed E-state index contributed by atoms with van der Waals surface area (Å²) in [7, 11) is 0.850. The van der Waals surface area contributed by atoms with Crippen molar-refractivity contribution in [2.75, 3.05) is 0 Å². The molecule has 112 valence electrons. The lowest BCUT2D eigenvalue weighted by molar-refractivity contribution is -0.137. The Morgan fingerprint density at radius 3 is 2.50 bits per heavy atom. The lowest BCUT2D eigenvalue weighted by atomic mass is 10.2. The first-order valence-electron chi connectivity index (χ1n) is 5.72. The van der Waals surface area contributed by atoms with Gasteiger partial charge in [0.25, 0.3) is 14.6 Å². The topological polar surface area (TPSA) is 126 Å². The lowest BCUT2D eigenvalue weighted by Gasteiger charge is -2.05. The number of nitrogens with one attached hydrogen (secondary N) is 1. The van der Waals surface area contributed by atoms with Crippen LogP contribution in [0.25, 0.3) is 0 Å². The summed E-state index contributed by atoms with van der Waals surface area (Å²) in [6.45, 7) is 0.161. The highest BCUT2D eigenvalue weighted by atomic mass is 35.7. The second-order valence-electron chi connectivity index (χ2n) is 4.09. The Labute approximate surface area is 118 Å². The summed E-state index contributed by atoms with van der Waals surface area (Å²) in [4.78, 5) is 34.2. The van der Waals surface area contributed by atoms with Crippen LogP contribution in [0.2, 0.25) is 0 Å². The zero-order chi connectivity index (χ0) is 15.3. The summed E-state index contributed by atoms with van der Waals surface area (Å²) in [5.74, 6) is -0.901. The number of carbonyl (C=O) groups is 1. The van der Waals surface area contributed by atoms with Gasteiger partial charge in [-0.05, 0) is 12.8 Å². The molecule has 0 aliphatic rings.